The predicted molar refractivity (Wildman–Crippen MR) is 80.4 cm³/mol. The molecule has 0 spiro atoms. The lowest BCUT2D eigenvalue weighted by Crippen LogP contribution is -2.21. The largest absolute Gasteiger partial charge is 0.497 e. The first-order valence-corrected chi connectivity index (χ1v) is 6.74. The first-order valence-electron chi connectivity index (χ1n) is 6.74. The van der Waals surface area contributed by atoms with E-state index < -0.39 is 6.10 Å². The summed E-state index contributed by atoms with van der Waals surface area (Å²) >= 11 is 0. The number of aliphatic hydroxyl groups excluding tert-OH is 1. The van der Waals surface area contributed by atoms with Crippen LogP contribution in [0.5, 0.6) is 11.6 Å². The Balaban J connectivity index is 1.84. The molecular weight excluding hydrogens is 268 g/mol. The van der Waals surface area contributed by atoms with Gasteiger partial charge in [-0.05, 0) is 23.3 Å². The van der Waals surface area contributed by atoms with E-state index >= 15 is 0 Å². The van der Waals surface area contributed by atoms with Gasteiger partial charge in [0.25, 0.3) is 0 Å². The minimum Gasteiger partial charge on any atom is -0.497 e. The van der Waals surface area contributed by atoms with Crippen molar-refractivity contribution in [2.24, 2.45) is 0 Å². The fraction of sp³-hybridized carbons (Fsp3) is 0.312. The summed E-state index contributed by atoms with van der Waals surface area (Å²) in [6.07, 6.45) is 1.18. The molecule has 0 amide bonds. The van der Waals surface area contributed by atoms with Crippen LogP contribution in [0.25, 0.3) is 0 Å². The van der Waals surface area contributed by atoms with E-state index in [0.717, 1.165) is 16.9 Å². The van der Waals surface area contributed by atoms with E-state index in [1.807, 2.05) is 36.4 Å². The molecule has 21 heavy (non-hydrogen) atoms. The van der Waals surface area contributed by atoms with Gasteiger partial charge < -0.3 is 19.9 Å². The molecule has 0 aliphatic rings. The maximum atomic E-state index is 10.1. The molecule has 0 saturated carbocycles. The normalized spacial score (nSPS) is 12.0. The monoisotopic (exact) mass is 288 g/mol. The summed E-state index contributed by atoms with van der Waals surface area (Å²) in [5, 5.41) is 13.4. The molecule has 5 nitrogen and oxygen atoms in total. The second kappa shape index (κ2) is 7.61. The van der Waals surface area contributed by atoms with Gasteiger partial charge >= 0.3 is 0 Å². The highest BCUT2D eigenvalue weighted by Crippen LogP contribution is 2.18. The fourth-order valence-corrected chi connectivity index (χ4v) is 1.96. The van der Waals surface area contributed by atoms with Crippen molar-refractivity contribution < 1.29 is 14.6 Å². The van der Waals surface area contributed by atoms with Gasteiger partial charge in [0.15, 0.2) is 0 Å². The molecule has 1 heterocycles. The van der Waals surface area contributed by atoms with E-state index in [-0.39, 0.29) is 0 Å². The standard InChI is InChI=1S/C16H20N2O3/c1-20-14-5-3-4-13(8-14)15(19)11-17-9-12-6-7-16(21-2)18-10-12/h3-8,10,15,17,19H,9,11H2,1-2H3. The van der Waals surface area contributed by atoms with Crippen molar-refractivity contribution >= 4 is 0 Å². The Bertz CT molecular complexity index is 558. The van der Waals surface area contributed by atoms with Gasteiger partial charge in [0, 0.05) is 25.4 Å². The molecule has 2 rings (SSSR count). The lowest BCUT2D eigenvalue weighted by molar-refractivity contribution is 0.174. The van der Waals surface area contributed by atoms with Crippen LogP contribution in [0.4, 0.5) is 0 Å². The van der Waals surface area contributed by atoms with Crippen molar-refractivity contribution in [3.8, 4) is 11.6 Å². The van der Waals surface area contributed by atoms with Crippen LogP contribution < -0.4 is 14.8 Å². The van der Waals surface area contributed by atoms with Gasteiger partial charge in [-0.3, -0.25) is 0 Å². The zero-order chi connectivity index (χ0) is 15.1. The van der Waals surface area contributed by atoms with Crippen LogP contribution in [-0.4, -0.2) is 30.9 Å². The number of rotatable bonds is 7. The average molecular weight is 288 g/mol. The Labute approximate surface area is 124 Å². The summed E-state index contributed by atoms with van der Waals surface area (Å²) in [7, 11) is 3.20. The van der Waals surface area contributed by atoms with Gasteiger partial charge in [-0.2, -0.15) is 0 Å². The molecule has 0 radical (unpaired) electrons. The van der Waals surface area contributed by atoms with Crippen molar-refractivity contribution in [1.82, 2.24) is 10.3 Å². The second-order valence-corrected chi connectivity index (χ2v) is 4.63. The highest BCUT2D eigenvalue weighted by molar-refractivity contribution is 5.30. The molecule has 1 aromatic heterocycles. The average Bonchev–Trinajstić information content (AvgIpc) is 2.55. The fourth-order valence-electron chi connectivity index (χ4n) is 1.96. The molecule has 0 aliphatic heterocycles. The SMILES string of the molecule is COc1cccc(C(O)CNCc2ccc(OC)nc2)c1. The van der Waals surface area contributed by atoms with Gasteiger partial charge in [0.2, 0.25) is 5.88 Å². The highest BCUT2D eigenvalue weighted by Gasteiger charge is 2.08. The van der Waals surface area contributed by atoms with Crippen LogP contribution in [0.3, 0.4) is 0 Å². The minimum absolute atomic E-state index is 0.458. The van der Waals surface area contributed by atoms with E-state index in [1.54, 1.807) is 20.4 Å². The van der Waals surface area contributed by atoms with Crippen LogP contribution in [0.1, 0.15) is 17.2 Å². The van der Waals surface area contributed by atoms with Gasteiger partial charge in [-0.25, -0.2) is 4.98 Å². The lowest BCUT2D eigenvalue weighted by Gasteiger charge is -2.13. The molecule has 0 fully saturated rings. The first kappa shape index (κ1) is 15.3. The first-order chi connectivity index (χ1) is 10.2. The molecular formula is C16H20N2O3. The van der Waals surface area contributed by atoms with Gasteiger partial charge in [0.1, 0.15) is 5.75 Å². The van der Waals surface area contributed by atoms with Crippen LogP contribution in [0.15, 0.2) is 42.6 Å². The number of aliphatic hydroxyl groups is 1. The Morgan fingerprint density at radius 2 is 2.05 bits per heavy atom. The van der Waals surface area contributed by atoms with E-state index in [1.165, 1.54) is 0 Å². The van der Waals surface area contributed by atoms with Gasteiger partial charge in [-0.15, -0.1) is 0 Å². The zero-order valence-corrected chi connectivity index (χ0v) is 12.2. The number of nitrogens with one attached hydrogen (secondary N) is 1. The molecule has 2 aromatic rings. The van der Waals surface area contributed by atoms with Crippen molar-refractivity contribution in [3.63, 3.8) is 0 Å². The Morgan fingerprint density at radius 1 is 1.19 bits per heavy atom. The van der Waals surface area contributed by atoms with Crippen LogP contribution >= 0.6 is 0 Å². The molecule has 2 N–H and O–H groups in total. The summed E-state index contributed by atoms with van der Waals surface area (Å²) in [6, 6.07) is 11.2. The van der Waals surface area contributed by atoms with E-state index in [9.17, 15) is 5.11 Å². The van der Waals surface area contributed by atoms with E-state index in [4.69, 9.17) is 9.47 Å². The topological polar surface area (TPSA) is 63.6 Å². The van der Waals surface area contributed by atoms with Crippen molar-refractivity contribution in [2.45, 2.75) is 12.6 Å². The summed E-state index contributed by atoms with van der Waals surface area (Å²) in [4.78, 5) is 4.13. The quantitative estimate of drug-likeness (QED) is 0.815. The maximum Gasteiger partial charge on any atom is 0.212 e. The second-order valence-electron chi connectivity index (χ2n) is 4.63. The highest BCUT2D eigenvalue weighted by atomic mass is 16.5. The molecule has 1 atom stereocenters. The van der Waals surface area contributed by atoms with Crippen LogP contribution in [0.2, 0.25) is 0 Å². The number of hydrogen-bond donors (Lipinski definition) is 2. The molecule has 1 aromatic carbocycles. The number of hydrogen-bond acceptors (Lipinski definition) is 5. The Hall–Kier alpha value is -2.11. The summed E-state index contributed by atoms with van der Waals surface area (Å²) in [6.45, 7) is 1.09. The lowest BCUT2D eigenvalue weighted by atomic mass is 10.1. The smallest absolute Gasteiger partial charge is 0.212 e. The number of ether oxygens (including phenoxy) is 2. The maximum absolute atomic E-state index is 10.1. The Kier molecular flexibility index (Phi) is 5.54. The van der Waals surface area contributed by atoms with Gasteiger partial charge in [0.05, 0.1) is 20.3 Å². The zero-order valence-electron chi connectivity index (χ0n) is 12.2. The third-order valence-corrected chi connectivity index (χ3v) is 3.15. The molecule has 0 saturated heterocycles. The Morgan fingerprint density at radius 3 is 2.71 bits per heavy atom. The molecule has 0 bridgehead atoms. The number of benzene rings is 1. The van der Waals surface area contributed by atoms with Crippen molar-refractivity contribution in [1.29, 1.82) is 0 Å². The molecule has 5 heteroatoms. The third kappa shape index (κ3) is 4.44. The molecule has 1 unspecified atom stereocenters. The van der Waals surface area contributed by atoms with Crippen molar-refractivity contribution in [2.75, 3.05) is 20.8 Å². The number of aromatic nitrogens is 1. The summed E-state index contributed by atoms with van der Waals surface area (Å²) < 4.78 is 10.2. The minimum atomic E-state index is -0.577. The van der Waals surface area contributed by atoms with Crippen LogP contribution in [0, 0.1) is 0 Å². The molecule has 112 valence electrons. The summed E-state index contributed by atoms with van der Waals surface area (Å²) in [5.41, 5.74) is 1.86. The number of pyridine rings is 1. The van der Waals surface area contributed by atoms with E-state index in [2.05, 4.69) is 10.3 Å². The molecule has 0 aliphatic carbocycles. The third-order valence-electron chi connectivity index (χ3n) is 3.15. The van der Waals surface area contributed by atoms with Gasteiger partial charge in [-0.1, -0.05) is 18.2 Å². The van der Waals surface area contributed by atoms with E-state index in [0.29, 0.717) is 19.0 Å². The van der Waals surface area contributed by atoms with Crippen LogP contribution in [-0.2, 0) is 6.54 Å². The number of nitrogens with zero attached hydrogens (tertiary/aromatic N) is 1. The van der Waals surface area contributed by atoms with Crippen molar-refractivity contribution in [3.05, 3.63) is 53.7 Å². The number of methoxy groups -OCH3 is 2. The predicted octanol–water partition coefficient (Wildman–Crippen LogP) is 1.92. The summed E-state index contributed by atoms with van der Waals surface area (Å²) in [5.74, 6) is 1.33.